The summed E-state index contributed by atoms with van der Waals surface area (Å²) in [5.41, 5.74) is 2.86. The molecule has 4 aromatic heterocycles. The summed E-state index contributed by atoms with van der Waals surface area (Å²) in [4.78, 5) is 17.1. The summed E-state index contributed by atoms with van der Waals surface area (Å²) in [7, 11) is 0. The molecule has 0 aromatic carbocycles. The van der Waals surface area contributed by atoms with E-state index >= 15 is 0 Å². The summed E-state index contributed by atoms with van der Waals surface area (Å²) in [6, 6.07) is 4.59. The van der Waals surface area contributed by atoms with Crippen LogP contribution in [0.25, 0.3) is 33.7 Å². The van der Waals surface area contributed by atoms with Gasteiger partial charge in [0.25, 0.3) is 4.06 Å². The third kappa shape index (κ3) is 5.93. The van der Waals surface area contributed by atoms with Crippen LogP contribution in [0.4, 0.5) is 0 Å². The van der Waals surface area contributed by atoms with Gasteiger partial charge in [-0.2, -0.15) is 0 Å². The summed E-state index contributed by atoms with van der Waals surface area (Å²) >= 11 is 8.15. The Hall–Kier alpha value is -1.31. The first-order valence-corrected chi connectivity index (χ1v) is 14.9. The van der Waals surface area contributed by atoms with Gasteiger partial charge in [-0.25, -0.2) is 0 Å². The van der Waals surface area contributed by atoms with Crippen LogP contribution in [0, 0.1) is 0 Å². The lowest BCUT2D eigenvalue weighted by molar-refractivity contribution is 0.797. The van der Waals surface area contributed by atoms with Crippen LogP contribution < -0.4 is 4.06 Å². The fraction of sp³-hybridized carbons (Fsp3) is 0.320. The monoisotopic (exact) mass is 502 g/mol. The van der Waals surface area contributed by atoms with Crippen molar-refractivity contribution in [1.82, 2.24) is 0 Å². The van der Waals surface area contributed by atoms with Gasteiger partial charge in [-0.05, 0) is 84.0 Å². The SMILES string of the molecule is CCCCc1csc(/C=C/c2sc(/C=C/c3cc(CCCC)cs3)c3sc(=O)sc23)c1. The number of hydrogen-bond donors (Lipinski definition) is 0. The Morgan fingerprint density at radius 2 is 1.19 bits per heavy atom. The average Bonchev–Trinajstić information content (AvgIpc) is 3.53. The van der Waals surface area contributed by atoms with Crippen LogP contribution in [0.1, 0.15) is 70.2 Å². The van der Waals surface area contributed by atoms with E-state index in [2.05, 4.69) is 61.0 Å². The number of hydrogen-bond acceptors (Lipinski definition) is 6. The Balaban J connectivity index is 1.55. The quantitative estimate of drug-likeness (QED) is 0.211. The van der Waals surface area contributed by atoms with E-state index in [-0.39, 0.29) is 4.06 Å². The van der Waals surface area contributed by atoms with Gasteiger partial charge in [-0.3, -0.25) is 4.79 Å². The molecule has 0 saturated heterocycles. The molecule has 4 aromatic rings. The van der Waals surface area contributed by atoms with Crippen molar-refractivity contribution in [3.63, 3.8) is 0 Å². The van der Waals surface area contributed by atoms with Crippen molar-refractivity contribution < 1.29 is 0 Å². The Labute approximate surface area is 204 Å². The zero-order valence-corrected chi connectivity index (χ0v) is 21.9. The molecular formula is C25H26OS5. The zero-order valence-electron chi connectivity index (χ0n) is 17.8. The van der Waals surface area contributed by atoms with Gasteiger partial charge in [-0.1, -0.05) is 49.4 Å². The third-order valence-electron chi connectivity index (χ3n) is 5.03. The molecule has 0 aliphatic rings. The molecule has 0 saturated carbocycles. The predicted molar refractivity (Wildman–Crippen MR) is 148 cm³/mol. The van der Waals surface area contributed by atoms with Gasteiger partial charge < -0.3 is 0 Å². The van der Waals surface area contributed by atoms with Crippen LogP contribution in [-0.4, -0.2) is 0 Å². The lowest BCUT2D eigenvalue weighted by Gasteiger charge is -1.92. The summed E-state index contributed by atoms with van der Waals surface area (Å²) < 4.78 is 2.44. The molecule has 162 valence electrons. The molecule has 0 unspecified atom stereocenters. The summed E-state index contributed by atoms with van der Waals surface area (Å²) in [6.07, 6.45) is 16.1. The molecule has 31 heavy (non-hydrogen) atoms. The van der Waals surface area contributed by atoms with Crippen molar-refractivity contribution >= 4 is 90.4 Å². The minimum absolute atomic E-state index is 0.179. The van der Waals surface area contributed by atoms with E-state index in [4.69, 9.17) is 0 Å². The molecule has 0 aliphatic carbocycles. The molecule has 0 amide bonds. The van der Waals surface area contributed by atoms with Gasteiger partial charge in [-0.15, -0.1) is 34.0 Å². The molecule has 0 bridgehead atoms. The minimum Gasteiger partial charge on any atom is -0.265 e. The van der Waals surface area contributed by atoms with E-state index in [9.17, 15) is 4.79 Å². The Bertz CT molecular complexity index is 1150. The molecule has 4 rings (SSSR count). The lowest BCUT2D eigenvalue weighted by atomic mass is 10.1. The fourth-order valence-corrected chi connectivity index (χ4v) is 8.54. The van der Waals surface area contributed by atoms with Crippen LogP contribution in [0.15, 0.2) is 27.7 Å². The number of aryl methyl sites for hydroxylation is 2. The highest BCUT2D eigenvalue weighted by atomic mass is 32.2. The van der Waals surface area contributed by atoms with Crippen molar-refractivity contribution in [3.8, 4) is 0 Å². The second kappa shape index (κ2) is 11.0. The van der Waals surface area contributed by atoms with Gasteiger partial charge in [0, 0.05) is 19.5 Å². The first-order valence-electron chi connectivity index (χ1n) is 10.7. The van der Waals surface area contributed by atoms with E-state index in [1.165, 1.54) is 79.0 Å². The van der Waals surface area contributed by atoms with Gasteiger partial charge >= 0.3 is 0 Å². The summed E-state index contributed by atoms with van der Waals surface area (Å²) in [6.45, 7) is 4.47. The highest BCUT2D eigenvalue weighted by molar-refractivity contribution is 7.39. The van der Waals surface area contributed by atoms with Crippen LogP contribution in [0.2, 0.25) is 0 Å². The topological polar surface area (TPSA) is 17.1 Å². The second-order valence-electron chi connectivity index (χ2n) is 7.53. The Morgan fingerprint density at radius 1 is 0.710 bits per heavy atom. The minimum atomic E-state index is 0.179. The molecule has 4 heterocycles. The highest BCUT2D eigenvalue weighted by Gasteiger charge is 2.12. The smallest absolute Gasteiger partial charge is 0.265 e. The number of rotatable bonds is 10. The zero-order chi connectivity index (χ0) is 21.6. The van der Waals surface area contributed by atoms with E-state index in [0.29, 0.717) is 0 Å². The first kappa shape index (κ1) is 22.9. The van der Waals surface area contributed by atoms with E-state index < -0.39 is 0 Å². The highest BCUT2D eigenvalue weighted by Crippen LogP contribution is 2.38. The van der Waals surface area contributed by atoms with Gasteiger partial charge in [0.15, 0.2) is 0 Å². The third-order valence-corrected chi connectivity index (χ3v) is 10.5. The summed E-state index contributed by atoms with van der Waals surface area (Å²) in [5, 5.41) is 4.54. The lowest BCUT2D eigenvalue weighted by Crippen LogP contribution is -1.78. The van der Waals surface area contributed by atoms with Crippen molar-refractivity contribution in [2.45, 2.75) is 52.4 Å². The standard InChI is InChI=1S/C25H26OS5/c1-3-5-7-17-13-19(27-15-17)9-11-21-23-24(31-25(26)30-23)22(29-21)12-10-20-14-18(16-28-20)8-6-4-2/h9-16H,3-8H2,1-2H3/b11-9+,12-10+. The predicted octanol–water partition coefficient (Wildman–Crippen LogP) is 9.53. The van der Waals surface area contributed by atoms with Crippen molar-refractivity contribution in [2.75, 3.05) is 0 Å². The number of unbranched alkanes of at least 4 members (excludes halogenated alkanes) is 2. The van der Waals surface area contributed by atoms with Gasteiger partial charge in [0.2, 0.25) is 0 Å². The van der Waals surface area contributed by atoms with E-state index in [1.807, 2.05) is 0 Å². The average molecular weight is 503 g/mol. The molecule has 1 nitrogen and oxygen atoms in total. The molecule has 0 fully saturated rings. The van der Waals surface area contributed by atoms with Crippen LogP contribution in [-0.2, 0) is 12.8 Å². The van der Waals surface area contributed by atoms with E-state index in [0.717, 1.165) is 22.2 Å². The van der Waals surface area contributed by atoms with Crippen LogP contribution >= 0.6 is 56.7 Å². The Morgan fingerprint density at radius 3 is 1.65 bits per heavy atom. The molecule has 0 spiro atoms. The maximum absolute atomic E-state index is 12.1. The van der Waals surface area contributed by atoms with Crippen molar-refractivity contribution in [3.05, 3.63) is 62.4 Å². The maximum Gasteiger partial charge on any atom is 0.288 e. The normalized spacial score (nSPS) is 12.2. The molecule has 6 heteroatoms. The fourth-order valence-electron chi connectivity index (χ4n) is 3.34. The second-order valence-corrected chi connectivity index (χ2v) is 12.7. The van der Waals surface area contributed by atoms with Crippen LogP contribution in [0.3, 0.4) is 0 Å². The van der Waals surface area contributed by atoms with E-state index in [1.54, 1.807) is 34.0 Å². The maximum atomic E-state index is 12.1. The molecule has 0 N–H and O–H groups in total. The van der Waals surface area contributed by atoms with Crippen molar-refractivity contribution in [2.24, 2.45) is 0 Å². The molecule has 0 aliphatic heterocycles. The molecular weight excluding hydrogens is 477 g/mol. The molecule has 0 radical (unpaired) electrons. The molecule has 0 atom stereocenters. The number of thiophene rings is 3. The number of fused-ring (bicyclic) bond motifs is 1. The van der Waals surface area contributed by atoms with Crippen LogP contribution in [0.5, 0.6) is 0 Å². The van der Waals surface area contributed by atoms with Gasteiger partial charge in [0.1, 0.15) is 0 Å². The summed E-state index contributed by atoms with van der Waals surface area (Å²) in [5.74, 6) is 0. The largest absolute Gasteiger partial charge is 0.288 e. The van der Waals surface area contributed by atoms with Gasteiger partial charge in [0.05, 0.1) is 9.40 Å². The first-order chi connectivity index (χ1) is 15.2. The Kier molecular flexibility index (Phi) is 8.13. The van der Waals surface area contributed by atoms with Crippen molar-refractivity contribution in [1.29, 1.82) is 0 Å².